The zero-order chi connectivity index (χ0) is 21.3. The van der Waals surface area contributed by atoms with Crippen molar-refractivity contribution in [3.05, 3.63) is 93.0 Å². The second-order valence-electron chi connectivity index (χ2n) is 5.54. The number of rotatable bonds is 7. The largest absolute Gasteiger partial charge is 0.466 e. The van der Waals surface area contributed by atoms with E-state index in [-0.39, 0.29) is 6.79 Å². The van der Waals surface area contributed by atoms with Crippen LogP contribution in [0.1, 0.15) is 5.56 Å². The molecule has 29 heavy (non-hydrogen) atoms. The number of hydrogen-bond acceptors (Lipinski definition) is 5. The van der Waals surface area contributed by atoms with Gasteiger partial charge >= 0.3 is 0 Å². The SMILES string of the molecule is Clc1ccc(CC(Cl)(OCOc2ccccc2Cl)n2ccnc2)cc1.O=[N+]([O-])O. The first-order valence-corrected chi connectivity index (χ1v) is 9.20. The number of alkyl halides is 1. The minimum absolute atomic E-state index is 0.0704. The molecule has 1 heterocycles. The summed E-state index contributed by atoms with van der Waals surface area (Å²) in [4.78, 5) is 12.4. The van der Waals surface area contributed by atoms with Gasteiger partial charge in [-0.2, -0.15) is 0 Å². The van der Waals surface area contributed by atoms with E-state index in [1.54, 1.807) is 35.4 Å². The van der Waals surface area contributed by atoms with E-state index in [9.17, 15) is 0 Å². The summed E-state index contributed by atoms with van der Waals surface area (Å²) in [6, 6.07) is 14.6. The van der Waals surface area contributed by atoms with Crippen molar-refractivity contribution in [2.75, 3.05) is 6.79 Å². The third kappa shape index (κ3) is 7.43. The van der Waals surface area contributed by atoms with E-state index in [1.165, 1.54) is 0 Å². The molecule has 0 aliphatic heterocycles. The summed E-state index contributed by atoms with van der Waals surface area (Å²) in [7, 11) is 0. The van der Waals surface area contributed by atoms with Gasteiger partial charge in [0.25, 0.3) is 5.09 Å². The molecule has 3 rings (SSSR count). The molecule has 2 aromatic carbocycles. The van der Waals surface area contributed by atoms with E-state index in [1.807, 2.05) is 36.4 Å². The molecule has 0 fully saturated rings. The van der Waals surface area contributed by atoms with Crippen LogP contribution in [0.3, 0.4) is 0 Å². The predicted octanol–water partition coefficient (Wildman–Crippen LogP) is 4.99. The molecule has 0 saturated heterocycles. The third-order valence-electron chi connectivity index (χ3n) is 3.56. The van der Waals surface area contributed by atoms with Crippen molar-refractivity contribution in [2.45, 2.75) is 11.6 Å². The maximum atomic E-state index is 8.36. The molecule has 1 unspecified atom stereocenters. The van der Waals surface area contributed by atoms with Gasteiger partial charge in [0, 0.05) is 23.8 Å². The van der Waals surface area contributed by atoms with Crippen LogP contribution in [-0.2, 0) is 16.3 Å². The maximum absolute atomic E-state index is 8.36. The monoisotopic (exact) mass is 459 g/mol. The average Bonchev–Trinajstić information content (AvgIpc) is 3.20. The van der Waals surface area contributed by atoms with Gasteiger partial charge in [-0.3, -0.25) is 4.57 Å². The van der Waals surface area contributed by atoms with E-state index in [0.29, 0.717) is 22.2 Å². The van der Waals surface area contributed by atoms with Crippen LogP contribution in [0.5, 0.6) is 5.75 Å². The van der Waals surface area contributed by atoms with Gasteiger partial charge in [-0.1, -0.05) is 59.1 Å². The molecule has 154 valence electrons. The first-order valence-electron chi connectivity index (χ1n) is 8.06. The van der Waals surface area contributed by atoms with Crippen molar-refractivity contribution in [1.82, 2.24) is 9.55 Å². The highest BCUT2D eigenvalue weighted by atomic mass is 35.5. The smallest absolute Gasteiger partial charge is 0.291 e. The Morgan fingerprint density at radius 2 is 1.83 bits per heavy atom. The molecule has 11 heteroatoms. The van der Waals surface area contributed by atoms with Gasteiger partial charge < -0.3 is 14.7 Å². The lowest BCUT2D eigenvalue weighted by Gasteiger charge is -2.28. The first-order chi connectivity index (χ1) is 13.8. The molecule has 1 N–H and O–H groups in total. The molecule has 0 bridgehead atoms. The highest BCUT2D eigenvalue weighted by molar-refractivity contribution is 6.32. The van der Waals surface area contributed by atoms with E-state index in [2.05, 4.69) is 4.98 Å². The summed E-state index contributed by atoms with van der Waals surface area (Å²) >= 11 is 18.8. The van der Waals surface area contributed by atoms with Crippen molar-refractivity contribution in [3.8, 4) is 5.75 Å². The number of hydrogen-bond donors (Lipinski definition) is 1. The third-order valence-corrected chi connectivity index (χ3v) is 4.56. The first kappa shape index (κ1) is 22.8. The predicted molar refractivity (Wildman–Crippen MR) is 108 cm³/mol. The second-order valence-corrected chi connectivity index (χ2v) is 6.97. The van der Waals surface area contributed by atoms with Crippen LogP contribution in [0, 0.1) is 10.1 Å². The molecule has 0 aliphatic rings. The Labute approximate surface area is 181 Å². The Hall–Kier alpha value is -2.52. The molecule has 0 radical (unpaired) electrons. The van der Waals surface area contributed by atoms with Gasteiger partial charge in [0.2, 0.25) is 5.18 Å². The fourth-order valence-corrected chi connectivity index (χ4v) is 2.89. The number of aromatic nitrogens is 2. The lowest BCUT2D eigenvalue weighted by Crippen LogP contribution is -2.33. The lowest BCUT2D eigenvalue weighted by atomic mass is 10.1. The van der Waals surface area contributed by atoms with Gasteiger partial charge in [-0.05, 0) is 29.8 Å². The standard InChI is InChI=1S/C18H15Cl3N2O2.HNO3/c19-15-7-5-14(6-8-15)11-18(21,23-10-9-22-12-23)25-13-24-17-4-2-1-3-16(17)20;2-1(3)4/h1-10,12H,11,13H2;(H,2,3,4). The summed E-state index contributed by atoms with van der Waals surface area (Å²) in [6.07, 6.45) is 5.36. The molecule has 1 aromatic heterocycles. The van der Waals surface area contributed by atoms with E-state index < -0.39 is 10.3 Å². The molecular formula is C18H16Cl3N3O5. The summed E-state index contributed by atoms with van der Waals surface area (Å²) in [5.74, 6) is 0.528. The van der Waals surface area contributed by atoms with E-state index in [0.717, 1.165) is 5.56 Å². The fraction of sp³-hybridized carbons (Fsp3) is 0.167. The normalized spacial score (nSPS) is 12.4. The maximum Gasteiger partial charge on any atom is 0.291 e. The highest BCUT2D eigenvalue weighted by Gasteiger charge is 2.31. The number of imidazole rings is 1. The molecular weight excluding hydrogens is 445 g/mol. The summed E-state index contributed by atoms with van der Waals surface area (Å²) in [6.45, 7) is -0.0704. The van der Waals surface area contributed by atoms with Crippen LogP contribution in [0.25, 0.3) is 0 Å². The Morgan fingerprint density at radius 1 is 1.17 bits per heavy atom. The van der Waals surface area contributed by atoms with E-state index >= 15 is 0 Å². The van der Waals surface area contributed by atoms with Gasteiger partial charge in [-0.25, -0.2) is 4.98 Å². The Bertz CT molecular complexity index is 905. The van der Waals surface area contributed by atoms with Gasteiger partial charge in [-0.15, -0.1) is 10.1 Å². The average molecular weight is 461 g/mol. The number of ether oxygens (including phenoxy) is 2. The zero-order valence-corrected chi connectivity index (χ0v) is 17.1. The Morgan fingerprint density at radius 3 is 2.41 bits per heavy atom. The minimum Gasteiger partial charge on any atom is -0.466 e. The van der Waals surface area contributed by atoms with Gasteiger partial charge in [0.15, 0.2) is 6.79 Å². The van der Waals surface area contributed by atoms with Gasteiger partial charge in [0.05, 0.1) is 11.3 Å². The second kappa shape index (κ2) is 10.9. The zero-order valence-electron chi connectivity index (χ0n) is 14.8. The summed E-state index contributed by atoms with van der Waals surface area (Å²) in [5, 5.41) is 13.6. The number of halogens is 3. The Kier molecular flexibility index (Phi) is 8.53. The van der Waals surface area contributed by atoms with Crippen LogP contribution in [0.4, 0.5) is 0 Å². The topological polar surface area (TPSA) is 99.7 Å². The molecule has 1 atom stereocenters. The van der Waals surface area contributed by atoms with Crippen molar-refractivity contribution < 1.29 is 19.8 Å². The fourth-order valence-electron chi connectivity index (χ4n) is 2.27. The molecule has 0 saturated carbocycles. The van der Waals surface area contributed by atoms with Crippen LogP contribution in [-0.4, -0.2) is 26.6 Å². The van der Waals surface area contributed by atoms with Crippen molar-refractivity contribution >= 4 is 34.8 Å². The van der Waals surface area contributed by atoms with Crippen molar-refractivity contribution in [1.29, 1.82) is 0 Å². The minimum atomic E-state index is -1.50. The molecule has 8 nitrogen and oxygen atoms in total. The quantitative estimate of drug-likeness (QED) is 0.231. The number of benzene rings is 2. The summed E-state index contributed by atoms with van der Waals surface area (Å²) in [5.41, 5.74) is 0.964. The van der Waals surface area contributed by atoms with Crippen molar-refractivity contribution in [3.63, 3.8) is 0 Å². The lowest BCUT2D eigenvalue weighted by molar-refractivity contribution is -0.742. The molecule has 3 aromatic rings. The van der Waals surface area contributed by atoms with Gasteiger partial charge in [0.1, 0.15) is 5.75 Å². The number of para-hydroxylation sites is 1. The van der Waals surface area contributed by atoms with Crippen LogP contribution in [0.2, 0.25) is 10.0 Å². The van der Waals surface area contributed by atoms with Crippen LogP contribution < -0.4 is 4.74 Å². The Balaban J connectivity index is 0.000000687. The highest BCUT2D eigenvalue weighted by Crippen LogP contribution is 2.30. The molecule has 0 spiro atoms. The number of nitrogens with zero attached hydrogens (tertiary/aromatic N) is 3. The van der Waals surface area contributed by atoms with E-state index in [4.69, 9.17) is 59.6 Å². The van der Waals surface area contributed by atoms with Crippen LogP contribution >= 0.6 is 34.8 Å². The summed E-state index contributed by atoms with van der Waals surface area (Å²) < 4.78 is 13.1. The molecule has 0 amide bonds. The van der Waals surface area contributed by atoms with Crippen LogP contribution in [0.15, 0.2) is 67.3 Å². The van der Waals surface area contributed by atoms with Crippen molar-refractivity contribution in [2.24, 2.45) is 0 Å². The molecule has 0 aliphatic carbocycles.